The normalized spacial score (nSPS) is 15.6. The number of rotatable bonds is 7. The van der Waals surface area contributed by atoms with Gasteiger partial charge in [-0.15, -0.1) is 11.3 Å². The first-order valence-electron chi connectivity index (χ1n) is 11.5. The molecule has 0 aliphatic carbocycles. The standard InChI is InChI=1S/C26H31N3O3S/c1-5-9-21(30)29-22-19-13-18-15-32-26(3,4)14-20(18)28-25(19)33-23(22)24(31)27-16(2)12-17-10-7-6-8-11-17/h6-8,10-11,13,16H,5,9,12,14-15H2,1-4H3,(H,27,31)(H,29,30). The molecule has 0 bridgehead atoms. The Hall–Kier alpha value is -2.77. The van der Waals surface area contributed by atoms with Crippen LogP contribution >= 0.6 is 11.3 Å². The highest BCUT2D eigenvalue weighted by Crippen LogP contribution is 2.38. The maximum atomic E-state index is 13.3. The van der Waals surface area contributed by atoms with Gasteiger partial charge in [-0.3, -0.25) is 9.59 Å². The number of carbonyl (C=O) groups is 2. The lowest BCUT2D eigenvalue weighted by Gasteiger charge is -2.31. The van der Waals surface area contributed by atoms with E-state index in [0.717, 1.165) is 39.9 Å². The average Bonchev–Trinajstić information content (AvgIpc) is 3.09. The average molecular weight is 466 g/mol. The number of amides is 2. The number of hydrogen-bond donors (Lipinski definition) is 2. The quantitative estimate of drug-likeness (QED) is 0.500. The molecular formula is C26H31N3O3S. The molecule has 4 rings (SSSR count). The van der Waals surface area contributed by atoms with Gasteiger partial charge in [-0.25, -0.2) is 4.98 Å². The maximum absolute atomic E-state index is 13.3. The van der Waals surface area contributed by atoms with Crippen LogP contribution in [0.25, 0.3) is 10.2 Å². The lowest BCUT2D eigenvalue weighted by molar-refractivity contribution is -0.116. The van der Waals surface area contributed by atoms with E-state index < -0.39 is 0 Å². The highest BCUT2D eigenvalue weighted by Gasteiger charge is 2.29. The summed E-state index contributed by atoms with van der Waals surface area (Å²) in [5.41, 5.74) is 3.45. The number of fused-ring (bicyclic) bond motifs is 2. The van der Waals surface area contributed by atoms with Crippen LogP contribution in [0.15, 0.2) is 36.4 Å². The number of pyridine rings is 1. The summed E-state index contributed by atoms with van der Waals surface area (Å²) in [6.45, 7) is 8.53. The van der Waals surface area contributed by atoms with Gasteiger partial charge in [0.25, 0.3) is 5.91 Å². The van der Waals surface area contributed by atoms with E-state index in [0.29, 0.717) is 30.0 Å². The molecule has 2 N–H and O–H groups in total. The van der Waals surface area contributed by atoms with Crippen molar-refractivity contribution in [2.75, 3.05) is 5.32 Å². The summed E-state index contributed by atoms with van der Waals surface area (Å²) in [7, 11) is 0. The van der Waals surface area contributed by atoms with Crippen molar-refractivity contribution in [1.82, 2.24) is 10.3 Å². The third-order valence-electron chi connectivity index (χ3n) is 5.77. The van der Waals surface area contributed by atoms with E-state index >= 15 is 0 Å². The topological polar surface area (TPSA) is 80.3 Å². The molecule has 33 heavy (non-hydrogen) atoms. The predicted molar refractivity (Wildman–Crippen MR) is 133 cm³/mol. The summed E-state index contributed by atoms with van der Waals surface area (Å²) in [6.07, 6.45) is 2.58. The Morgan fingerprint density at radius 2 is 2.00 bits per heavy atom. The summed E-state index contributed by atoms with van der Waals surface area (Å²) in [4.78, 5) is 31.9. The smallest absolute Gasteiger partial charge is 0.263 e. The van der Waals surface area contributed by atoms with Crippen LogP contribution in [0.1, 0.15) is 67.0 Å². The molecule has 0 radical (unpaired) electrons. The number of aromatic nitrogens is 1. The molecule has 1 aliphatic rings. The molecule has 1 atom stereocenters. The highest BCUT2D eigenvalue weighted by molar-refractivity contribution is 7.21. The van der Waals surface area contributed by atoms with Gasteiger partial charge in [-0.1, -0.05) is 37.3 Å². The molecule has 1 aliphatic heterocycles. The van der Waals surface area contributed by atoms with Crippen LogP contribution in [0.5, 0.6) is 0 Å². The van der Waals surface area contributed by atoms with Crippen molar-refractivity contribution in [1.29, 1.82) is 0 Å². The number of anilines is 1. The van der Waals surface area contributed by atoms with Crippen LogP contribution in [0, 0.1) is 0 Å². The van der Waals surface area contributed by atoms with Crippen LogP contribution in [-0.2, 0) is 29.0 Å². The van der Waals surface area contributed by atoms with Gasteiger partial charge in [0, 0.05) is 29.8 Å². The zero-order chi connectivity index (χ0) is 23.6. The number of benzene rings is 1. The molecule has 174 valence electrons. The lowest BCUT2D eigenvalue weighted by Crippen LogP contribution is -2.34. The van der Waals surface area contributed by atoms with Crippen LogP contribution in [0.3, 0.4) is 0 Å². The molecule has 0 spiro atoms. The molecule has 2 aromatic heterocycles. The van der Waals surface area contributed by atoms with Gasteiger partial charge in [0.05, 0.1) is 23.6 Å². The molecule has 1 aromatic carbocycles. The van der Waals surface area contributed by atoms with Crippen molar-refractivity contribution in [2.45, 2.75) is 71.6 Å². The van der Waals surface area contributed by atoms with Gasteiger partial charge in [0.15, 0.2) is 0 Å². The monoisotopic (exact) mass is 465 g/mol. The lowest BCUT2D eigenvalue weighted by atomic mass is 9.95. The van der Waals surface area contributed by atoms with Crippen molar-refractivity contribution in [3.63, 3.8) is 0 Å². The van der Waals surface area contributed by atoms with E-state index in [1.165, 1.54) is 11.3 Å². The number of nitrogens with one attached hydrogen (secondary N) is 2. The van der Waals surface area contributed by atoms with Crippen LogP contribution in [-0.4, -0.2) is 28.4 Å². The molecular weight excluding hydrogens is 434 g/mol. The van der Waals surface area contributed by atoms with Crippen molar-refractivity contribution in [3.05, 3.63) is 58.1 Å². The first-order chi connectivity index (χ1) is 15.8. The first kappa shape index (κ1) is 23.4. The molecule has 0 saturated heterocycles. The van der Waals surface area contributed by atoms with Crippen LogP contribution < -0.4 is 10.6 Å². The van der Waals surface area contributed by atoms with E-state index in [1.54, 1.807) is 0 Å². The Morgan fingerprint density at radius 3 is 2.73 bits per heavy atom. The summed E-state index contributed by atoms with van der Waals surface area (Å²) in [5.74, 6) is -0.290. The minimum atomic E-state index is -0.268. The van der Waals surface area contributed by atoms with Crippen LogP contribution in [0.2, 0.25) is 0 Å². The number of nitrogens with zero attached hydrogens (tertiary/aromatic N) is 1. The number of thiophene rings is 1. The van der Waals surface area contributed by atoms with E-state index in [4.69, 9.17) is 9.72 Å². The van der Waals surface area contributed by atoms with Crippen molar-refractivity contribution >= 4 is 39.1 Å². The van der Waals surface area contributed by atoms with E-state index in [9.17, 15) is 9.59 Å². The Kier molecular flexibility index (Phi) is 6.81. The molecule has 7 heteroatoms. The summed E-state index contributed by atoms with van der Waals surface area (Å²) < 4.78 is 5.96. The number of carbonyl (C=O) groups excluding carboxylic acids is 2. The fourth-order valence-corrected chi connectivity index (χ4v) is 5.16. The summed E-state index contributed by atoms with van der Waals surface area (Å²) in [5, 5.41) is 6.89. The number of ether oxygens (including phenoxy) is 1. The second-order valence-electron chi connectivity index (χ2n) is 9.34. The molecule has 3 aromatic rings. The van der Waals surface area contributed by atoms with Crippen molar-refractivity contribution in [2.24, 2.45) is 0 Å². The Bertz CT molecular complexity index is 1170. The Balaban J connectivity index is 1.66. The SMILES string of the molecule is CCCC(=O)Nc1c(C(=O)NC(C)Cc2ccccc2)sc2nc3c(cc12)COC(C)(C)C3. The first-order valence-corrected chi connectivity index (χ1v) is 12.3. The zero-order valence-corrected chi connectivity index (χ0v) is 20.5. The molecule has 2 amide bonds. The van der Waals surface area contributed by atoms with Gasteiger partial charge < -0.3 is 15.4 Å². The fourth-order valence-electron chi connectivity index (χ4n) is 4.13. The zero-order valence-electron chi connectivity index (χ0n) is 19.7. The fraction of sp³-hybridized carbons (Fsp3) is 0.423. The van der Waals surface area contributed by atoms with Gasteiger partial charge in [-0.05, 0) is 45.2 Å². The second kappa shape index (κ2) is 9.61. The van der Waals surface area contributed by atoms with Crippen molar-refractivity contribution < 1.29 is 14.3 Å². The second-order valence-corrected chi connectivity index (χ2v) is 10.3. The molecule has 3 heterocycles. The van der Waals surface area contributed by atoms with E-state index in [1.807, 2.05) is 38.1 Å². The Labute approximate surface area is 198 Å². The predicted octanol–water partition coefficient (Wildman–Crippen LogP) is 5.25. The van der Waals surface area contributed by atoms with Gasteiger partial charge >= 0.3 is 0 Å². The third kappa shape index (κ3) is 5.42. The minimum Gasteiger partial charge on any atom is -0.370 e. The van der Waals surface area contributed by atoms with E-state index in [2.05, 4.69) is 36.6 Å². The third-order valence-corrected chi connectivity index (χ3v) is 6.87. The Morgan fingerprint density at radius 1 is 1.24 bits per heavy atom. The molecule has 0 fully saturated rings. The highest BCUT2D eigenvalue weighted by atomic mass is 32.1. The largest absolute Gasteiger partial charge is 0.370 e. The maximum Gasteiger partial charge on any atom is 0.263 e. The van der Waals surface area contributed by atoms with E-state index in [-0.39, 0.29) is 23.5 Å². The number of hydrogen-bond acceptors (Lipinski definition) is 5. The summed E-state index contributed by atoms with van der Waals surface area (Å²) >= 11 is 1.33. The van der Waals surface area contributed by atoms with Gasteiger partial charge in [0.1, 0.15) is 9.71 Å². The molecule has 6 nitrogen and oxygen atoms in total. The van der Waals surface area contributed by atoms with Crippen LogP contribution in [0.4, 0.5) is 5.69 Å². The minimum absolute atomic E-state index is 0.0559. The van der Waals surface area contributed by atoms with Gasteiger partial charge in [0.2, 0.25) is 5.91 Å². The summed E-state index contributed by atoms with van der Waals surface area (Å²) in [6, 6.07) is 12.0. The molecule has 1 unspecified atom stereocenters. The van der Waals surface area contributed by atoms with Gasteiger partial charge in [-0.2, -0.15) is 0 Å². The van der Waals surface area contributed by atoms with Crippen molar-refractivity contribution in [3.8, 4) is 0 Å². The molecule has 0 saturated carbocycles.